The van der Waals surface area contributed by atoms with Crippen LogP contribution >= 0.6 is 0 Å². The molecule has 1 aliphatic rings. The molecule has 17 heavy (non-hydrogen) atoms. The van der Waals surface area contributed by atoms with Crippen molar-refractivity contribution in [1.29, 1.82) is 0 Å². The van der Waals surface area contributed by atoms with Crippen LogP contribution in [0.25, 0.3) is 0 Å². The molecule has 0 atom stereocenters. The monoisotopic (exact) mass is 242 g/mol. The van der Waals surface area contributed by atoms with E-state index in [-0.39, 0.29) is 0 Å². The normalized spacial score (nSPS) is 13.7. The summed E-state index contributed by atoms with van der Waals surface area (Å²) in [6.07, 6.45) is 11.5. The maximum Gasteiger partial charge on any atom is 0.129 e. The van der Waals surface area contributed by atoms with Crippen molar-refractivity contribution in [1.82, 2.24) is 0 Å². The molecule has 0 aromatic carbocycles. The quantitative estimate of drug-likeness (QED) is 0.598. The molecule has 0 heterocycles. The average molecular weight is 242 g/mol. The number of rotatable bonds is 5. The van der Waals surface area contributed by atoms with Crippen LogP contribution in [-0.2, 0) is 4.79 Å². The van der Waals surface area contributed by atoms with Gasteiger partial charge in [0.05, 0.1) is 0 Å². The molecule has 1 heteroatoms. The fourth-order valence-electron chi connectivity index (χ4n) is 1.33. The van der Waals surface area contributed by atoms with Crippen molar-refractivity contribution in [3.63, 3.8) is 0 Å². The summed E-state index contributed by atoms with van der Waals surface area (Å²) >= 11 is 0. The summed E-state index contributed by atoms with van der Waals surface area (Å²) in [5, 5.41) is 0. The Balaban J connectivity index is 0. The molecule has 0 saturated heterocycles. The van der Waals surface area contributed by atoms with E-state index in [1.165, 1.54) is 38.5 Å². The first-order chi connectivity index (χ1) is 8.12. The van der Waals surface area contributed by atoms with Crippen LogP contribution in [0.3, 0.4) is 0 Å². The Labute approximate surface area is 109 Å². The summed E-state index contributed by atoms with van der Waals surface area (Å²) in [7, 11) is 0. The zero-order valence-corrected chi connectivity index (χ0v) is 12.8. The number of unbranched alkanes of at least 4 members (excludes halogenated alkanes) is 2. The minimum absolute atomic E-state index is 0.307. The second kappa shape index (κ2) is 15.7. The summed E-state index contributed by atoms with van der Waals surface area (Å²) in [6, 6.07) is 0. The molecule has 0 bridgehead atoms. The van der Waals surface area contributed by atoms with Crippen LogP contribution in [0.1, 0.15) is 92.4 Å². The number of hydrogen-bond donors (Lipinski definition) is 0. The third kappa shape index (κ3) is 18.2. The fourth-order valence-corrected chi connectivity index (χ4v) is 1.33. The van der Waals surface area contributed by atoms with Crippen LogP contribution in [0.4, 0.5) is 0 Å². The van der Waals surface area contributed by atoms with E-state index < -0.39 is 0 Å². The predicted octanol–water partition coefficient (Wildman–Crippen LogP) is 5.77. The Kier molecular flexibility index (Phi) is 17.5. The number of hydrogen-bond acceptors (Lipinski definition) is 1. The minimum Gasteiger partial charge on any atom is -0.300 e. The van der Waals surface area contributed by atoms with Gasteiger partial charge in [0.1, 0.15) is 5.78 Å². The molecule has 0 radical (unpaired) electrons. The molecule has 1 aliphatic carbocycles. The van der Waals surface area contributed by atoms with E-state index >= 15 is 0 Å². The van der Waals surface area contributed by atoms with Crippen LogP contribution in [0, 0.1) is 5.92 Å². The average Bonchev–Trinajstić information content (AvgIpc) is 2.26. The first kappa shape index (κ1) is 19.0. The highest BCUT2D eigenvalue weighted by atomic mass is 16.1. The summed E-state index contributed by atoms with van der Waals surface area (Å²) in [4.78, 5) is 10.2. The van der Waals surface area contributed by atoms with Gasteiger partial charge in [0.2, 0.25) is 0 Å². The molecule has 0 amide bonds. The third-order valence-electron chi connectivity index (χ3n) is 3.18. The molecule has 1 saturated carbocycles. The van der Waals surface area contributed by atoms with Crippen molar-refractivity contribution in [2.24, 2.45) is 5.92 Å². The topological polar surface area (TPSA) is 17.1 Å². The van der Waals surface area contributed by atoms with Gasteiger partial charge in [-0.05, 0) is 19.3 Å². The van der Waals surface area contributed by atoms with Crippen LogP contribution in [-0.4, -0.2) is 5.78 Å². The molecular formula is C16H34O. The van der Waals surface area contributed by atoms with E-state index in [9.17, 15) is 4.79 Å². The lowest BCUT2D eigenvalue weighted by Gasteiger charge is -2.22. The lowest BCUT2D eigenvalue weighted by Crippen LogP contribution is -2.08. The van der Waals surface area contributed by atoms with Gasteiger partial charge in [0, 0.05) is 6.42 Å². The zero-order chi connectivity index (χ0) is 13.5. The molecule has 1 rings (SSSR count). The van der Waals surface area contributed by atoms with Crippen LogP contribution in [0.5, 0.6) is 0 Å². The van der Waals surface area contributed by atoms with Crippen molar-refractivity contribution >= 4 is 5.78 Å². The Bertz CT molecular complexity index is 143. The van der Waals surface area contributed by atoms with Crippen molar-refractivity contribution in [3.8, 4) is 0 Å². The largest absolute Gasteiger partial charge is 0.300 e. The van der Waals surface area contributed by atoms with E-state index in [2.05, 4.69) is 27.7 Å². The second-order valence-corrected chi connectivity index (χ2v) is 5.01. The SMILES string of the molecule is CCC1CCC1.CCCC.CCCCC(C)=O. The van der Waals surface area contributed by atoms with Gasteiger partial charge in [0.15, 0.2) is 0 Å². The van der Waals surface area contributed by atoms with Crippen molar-refractivity contribution in [2.75, 3.05) is 0 Å². The molecule has 1 fully saturated rings. The number of Topliss-reactive ketones (excluding diaryl/α,β-unsaturated/α-hetero) is 1. The van der Waals surface area contributed by atoms with Gasteiger partial charge < -0.3 is 4.79 Å². The first-order valence-electron chi connectivity index (χ1n) is 7.61. The summed E-state index contributed by atoms with van der Waals surface area (Å²) in [5.41, 5.74) is 0. The van der Waals surface area contributed by atoms with Gasteiger partial charge in [-0.2, -0.15) is 0 Å². The summed E-state index contributed by atoms with van der Waals surface area (Å²) in [5.74, 6) is 1.42. The van der Waals surface area contributed by atoms with Gasteiger partial charge in [-0.15, -0.1) is 0 Å². The zero-order valence-electron chi connectivity index (χ0n) is 12.8. The van der Waals surface area contributed by atoms with Crippen LogP contribution < -0.4 is 0 Å². The molecule has 0 aromatic rings. The first-order valence-corrected chi connectivity index (χ1v) is 7.61. The Hall–Kier alpha value is -0.330. The van der Waals surface area contributed by atoms with Gasteiger partial charge in [-0.3, -0.25) is 0 Å². The molecule has 0 unspecified atom stereocenters. The predicted molar refractivity (Wildman–Crippen MR) is 78.4 cm³/mol. The third-order valence-corrected chi connectivity index (χ3v) is 3.18. The van der Waals surface area contributed by atoms with Crippen LogP contribution in [0.15, 0.2) is 0 Å². The van der Waals surface area contributed by atoms with E-state index in [0.717, 1.165) is 25.2 Å². The number of ketones is 1. The summed E-state index contributed by atoms with van der Waals surface area (Å²) < 4.78 is 0. The van der Waals surface area contributed by atoms with Gasteiger partial charge in [0.25, 0.3) is 0 Å². The highest BCUT2D eigenvalue weighted by Crippen LogP contribution is 2.28. The highest BCUT2D eigenvalue weighted by Gasteiger charge is 2.13. The Morgan fingerprint density at radius 2 is 1.53 bits per heavy atom. The van der Waals surface area contributed by atoms with E-state index in [1.54, 1.807) is 6.92 Å². The van der Waals surface area contributed by atoms with Gasteiger partial charge in [-0.25, -0.2) is 0 Å². The molecule has 1 nitrogen and oxygen atoms in total. The van der Waals surface area contributed by atoms with Gasteiger partial charge >= 0.3 is 0 Å². The lowest BCUT2D eigenvalue weighted by atomic mass is 9.84. The minimum atomic E-state index is 0.307. The molecular weight excluding hydrogens is 208 g/mol. The van der Waals surface area contributed by atoms with Crippen LogP contribution in [0.2, 0.25) is 0 Å². The maximum atomic E-state index is 10.2. The van der Waals surface area contributed by atoms with Crippen molar-refractivity contribution in [2.45, 2.75) is 92.4 Å². The second-order valence-electron chi connectivity index (χ2n) is 5.01. The van der Waals surface area contributed by atoms with E-state index in [0.29, 0.717) is 5.78 Å². The Morgan fingerprint density at radius 1 is 1.00 bits per heavy atom. The molecule has 0 spiro atoms. The van der Waals surface area contributed by atoms with Gasteiger partial charge in [-0.1, -0.05) is 72.6 Å². The van der Waals surface area contributed by atoms with Crippen molar-refractivity contribution < 1.29 is 4.79 Å². The fraction of sp³-hybridized carbons (Fsp3) is 0.938. The maximum absolute atomic E-state index is 10.2. The molecule has 0 aliphatic heterocycles. The lowest BCUT2D eigenvalue weighted by molar-refractivity contribution is -0.117. The standard InChI is InChI=1S/C6H12O.C6H12.C4H10/c1-3-4-5-6(2)7;1-2-6-4-3-5-6;1-3-4-2/h3-5H2,1-2H3;6H,2-5H2,1H3;3-4H2,1-2H3. The van der Waals surface area contributed by atoms with Crippen molar-refractivity contribution in [3.05, 3.63) is 0 Å². The highest BCUT2D eigenvalue weighted by molar-refractivity contribution is 5.75. The smallest absolute Gasteiger partial charge is 0.129 e. The molecule has 0 aromatic heterocycles. The molecule has 104 valence electrons. The van der Waals surface area contributed by atoms with E-state index in [4.69, 9.17) is 0 Å². The summed E-state index contributed by atoms with van der Waals surface area (Å²) in [6.45, 7) is 10.4. The number of carbonyl (C=O) groups is 1. The Morgan fingerprint density at radius 3 is 1.59 bits per heavy atom. The number of carbonyl (C=O) groups excluding carboxylic acids is 1. The molecule has 0 N–H and O–H groups in total. The van der Waals surface area contributed by atoms with E-state index in [1.807, 2.05) is 0 Å².